The number of halogens is 1. The lowest BCUT2D eigenvalue weighted by molar-refractivity contribution is -0.127. The summed E-state index contributed by atoms with van der Waals surface area (Å²) in [6.45, 7) is 4.28. The second-order valence-corrected chi connectivity index (χ2v) is 4.93. The highest BCUT2D eigenvalue weighted by atomic mass is 79.9. The second-order valence-electron chi connectivity index (χ2n) is 3.64. The van der Waals surface area contributed by atoms with Crippen LogP contribution in [0.2, 0.25) is 0 Å². The maximum atomic E-state index is 11.6. The van der Waals surface area contributed by atoms with Crippen molar-refractivity contribution in [3.05, 3.63) is 0 Å². The zero-order valence-corrected chi connectivity index (χ0v) is 10.2. The highest BCUT2D eigenvalue weighted by Crippen LogP contribution is 2.14. The van der Waals surface area contributed by atoms with Crippen molar-refractivity contribution >= 4 is 21.8 Å². The molecular formula is C10H18BrNO2. The minimum Gasteiger partial charge on any atom is -0.381 e. The fourth-order valence-electron chi connectivity index (χ4n) is 1.46. The predicted octanol–water partition coefficient (Wildman–Crippen LogP) is 1.70. The first-order chi connectivity index (χ1) is 6.74. The predicted molar refractivity (Wildman–Crippen MR) is 59.6 cm³/mol. The fourth-order valence-corrected chi connectivity index (χ4v) is 1.62. The fraction of sp³-hybridized carbons (Fsp3) is 0.900. The van der Waals surface area contributed by atoms with Gasteiger partial charge in [0.1, 0.15) is 0 Å². The SMILES string of the molecule is CCC(Br)CNC(=O)C1CCOCC1. The van der Waals surface area contributed by atoms with E-state index in [9.17, 15) is 4.79 Å². The van der Waals surface area contributed by atoms with Crippen LogP contribution in [0.3, 0.4) is 0 Å². The molecule has 14 heavy (non-hydrogen) atoms. The molecule has 0 aliphatic carbocycles. The molecule has 1 amide bonds. The summed E-state index contributed by atoms with van der Waals surface area (Å²) in [5.41, 5.74) is 0. The Hall–Kier alpha value is -0.0900. The third-order valence-electron chi connectivity index (χ3n) is 2.53. The van der Waals surface area contributed by atoms with E-state index in [4.69, 9.17) is 4.74 Å². The lowest BCUT2D eigenvalue weighted by Gasteiger charge is -2.21. The average Bonchev–Trinajstić information content (AvgIpc) is 2.26. The maximum Gasteiger partial charge on any atom is 0.223 e. The van der Waals surface area contributed by atoms with E-state index in [2.05, 4.69) is 28.2 Å². The van der Waals surface area contributed by atoms with Gasteiger partial charge in [-0.05, 0) is 19.3 Å². The van der Waals surface area contributed by atoms with Crippen molar-refractivity contribution in [1.82, 2.24) is 5.32 Å². The number of carbonyl (C=O) groups excluding carboxylic acids is 1. The molecule has 4 heteroatoms. The Morgan fingerprint density at radius 1 is 1.57 bits per heavy atom. The average molecular weight is 264 g/mol. The molecule has 1 heterocycles. The van der Waals surface area contributed by atoms with Gasteiger partial charge in [0.05, 0.1) is 0 Å². The lowest BCUT2D eigenvalue weighted by atomic mass is 9.99. The number of hydrogen-bond donors (Lipinski definition) is 1. The molecule has 1 atom stereocenters. The summed E-state index contributed by atoms with van der Waals surface area (Å²) in [6, 6.07) is 0. The molecule has 0 aromatic carbocycles. The molecule has 1 aliphatic rings. The van der Waals surface area contributed by atoms with Crippen LogP contribution in [-0.4, -0.2) is 30.5 Å². The summed E-state index contributed by atoms with van der Waals surface area (Å²) in [5, 5.41) is 2.96. The van der Waals surface area contributed by atoms with Crippen LogP contribution < -0.4 is 5.32 Å². The summed E-state index contributed by atoms with van der Waals surface area (Å²) in [4.78, 5) is 12.0. The van der Waals surface area contributed by atoms with Gasteiger partial charge in [-0.25, -0.2) is 0 Å². The summed E-state index contributed by atoms with van der Waals surface area (Å²) in [5.74, 6) is 0.353. The van der Waals surface area contributed by atoms with E-state index in [1.807, 2.05) is 0 Å². The topological polar surface area (TPSA) is 38.3 Å². The number of amides is 1. The zero-order valence-electron chi connectivity index (χ0n) is 8.59. The third-order valence-corrected chi connectivity index (χ3v) is 3.50. The molecule has 1 aliphatic heterocycles. The van der Waals surface area contributed by atoms with Gasteiger partial charge >= 0.3 is 0 Å². The number of ether oxygens (including phenoxy) is 1. The molecular weight excluding hydrogens is 246 g/mol. The van der Waals surface area contributed by atoms with Crippen LogP contribution in [0.1, 0.15) is 26.2 Å². The first kappa shape index (κ1) is 12.0. The Labute approximate surface area is 93.7 Å². The van der Waals surface area contributed by atoms with E-state index in [1.54, 1.807) is 0 Å². The Kier molecular flexibility index (Phi) is 5.48. The molecule has 0 aromatic heterocycles. The summed E-state index contributed by atoms with van der Waals surface area (Å²) in [6.07, 6.45) is 2.77. The minimum atomic E-state index is 0.167. The van der Waals surface area contributed by atoms with Gasteiger partial charge < -0.3 is 10.1 Å². The standard InChI is InChI=1S/C10H18BrNO2/c1-2-9(11)7-12-10(13)8-3-5-14-6-4-8/h8-9H,2-7H2,1H3,(H,12,13). The normalized spacial score (nSPS) is 20.4. The van der Waals surface area contributed by atoms with Crippen LogP contribution in [0.25, 0.3) is 0 Å². The van der Waals surface area contributed by atoms with E-state index in [0.717, 1.165) is 39.0 Å². The van der Waals surface area contributed by atoms with E-state index in [-0.39, 0.29) is 11.8 Å². The van der Waals surface area contributed by atoms with Crippen molar-refractivity contribution in [2.45, 2.75) is 31.0 Å². The van der Waals surface area contributed by atoms with Gasteiger partial charge in [-0.15, -0.1) is 0 Å². The number of hydrogen-bond acceptors (Lipinski definition) is 2. The molecule has 0 radical (unpaired) electrons. The molecule has 82 valence electrons. The van der Waals surface area contributed by atoms with Crippen molar-refractivity contribution in [1.29, 1.82) is 0 Å². The highest BCUT2D eigenvalue weighted by Gasteiger charge is 2.21. The molecule has 1 rings (SSSR count). The monoisotopic (exact) mass is 263 g/mol. The number of rotatable bonds is 4. The zero-order chi connectivity index (χ0) is 10.4. The summed E-state index contributed by atoms with van der Waals surface area (Å²) in [7, 11) is 0. The minimum absolute atomic E-state index is 0.167. The smallest absolute Gasteiger partial charge is 0.223 e. The summed E-state index contributed by atoms with van der Waals surface area (Å²) < 4.78 is 5.21. The van der Waals surface area contributed by atoms with E-state index >= 15 is 0 Å². The van der Waals surface area contributed by atoms with Crippen molar-refractivity contribution in [2.75, 3.05) is 19.8 Å². The molecule has 1 unspecified atom stereocenters. The molecule has 0 aromatic rings. The number of alkyl halides is 1. The largest absolute Gasteiger partial charge is 0.381 e. The molecule has 1 fully saturated rings. The van der Waals surface area contributed by atoms with Crippen molar-refractivity contribution in [3.8, 4) is 0 Å². The van der Waals surface area contributed by atoms with Crippen LogP contribution in [0.4, 0.5) is 0 Å². The highest BCUT2D eigenvalue weighted by molar-refractivity contribution is 9.09. The molecule has 0 spiro atoms. The lowest BCUT2D eigenvalue weighted by Crippen LogP contribution is -2.37. The number of carbonyl (C=O) groups is 1. The Balaban J connectivity index is 2.19. The van der Waals surface area contributed by atoms with Crippen LogP contribution in [0.5, 0.6) is 0 Å². The van der Waals surface area contributed by atoms with E-state index < -0.39 is 0 Å². The number of nitrogens with one attached hydrogen (secondary N) is 1. The quantitative estimate of drug-likeness (QED) is 0.785. The van der Waals surface area contributed by atoms with Crippen molar-refractivity contribution in [3.63, 3.8) is 0 Å². The maximum absolute atomic E-state index is 11.6. The van der Waals surface area contributed by atoms with E-state index in [0.29, 0.717) is 4.83 Å². The van der Waals surface area contributed by atoms with Gasteiger partial charge in [-0.2, -0.15) is 0 Å². The van der Waals surface area contributed by atoms with Crippen molar-refractivity contribution < 1.29 is 9.53 Å². The van der Waals surface area contributed by atoms with Gasteiger partial charge in [-0.1, -0.05) is 22.9 Å². The van der Waals surface area contributed by atoms with Gasteiger partial charge in [0, 0.05) is 30.5 Å². The Bertz CT molecular complexity index is 181. The van der Waals surface area contributed by atoms with Crippen LogP contribution >= 0.6 is 15.9 Å². The Morgan fingerprint density at radius 2 is 2.21 bits per heavy atom. The molecule has 0 bridgehead atoms. The first-order valence-electron chi connectivity index (χ1n) is 5.23. The van der Waals surface area contributed by atoms with Crippen LogP contribution in [0, 0.1) is 5.92 Å². The van der Waals surface area contributed by atoms with Crippen molar-refractivity contribution in [2.24, 2.45) is 5.92 Å². The van der Waals surface area contributed by atoms with Gasteiger partial charge in [0.15, 0.2) is 0 Å². The van der Waals surface area contributed by atoms with E-state index in [1.165, 1.54) is 0 Å². The Morgan fingerprint density at radius 3 is 2.79 bits per heavy atom. The first-order valence-corrected chi connectivity index (χ1v) is 6.15. The van der Waals surface area contributed by atoms with Gasteiger partial charge in [0.2, 0.25) is 5.91 Å². The third kappa shape index (κ3) is 3.96. The summed E-state index contributed by atoms with van der Waals surface area (Å²) >= 11 is 3.49. The molecule has 1 N–H and O–H groups in total. The molecule has 0 saturated carbocycles. The molecule has 3 nitrogen and oxygen atoms in total. The van der Waals surface area contributed by atoms with Crippen LogP contribution in [-0.2, 0) is 9.53 Å². The second kappa shape index (κ2) is 6.40. The van der Waals surface area contributed by atoms with Crippen LogP contribution in [0.15, 0.2) is 0 Å². The van der Waals surface area contributed by atoms with Gasteiger partial charge in [0.25, 0.3) is 0 Å². The molecule has 1 saturated heterocycles. The van der Waals surface area contributed by atoms with Gasteiger partial charge in [-0.3, -0.25) is 4.79 Å².